The van der Waals surface area contributed by atoms with Gasteiger partial charge in [-0.05, 0) is 12.8 Å². The molecule has 1 heterocycles. The van der Waals surface area contributed by atoms with Crippen molar-refractivity contribution >= 4 is 15.5 Å². The van der Waals surface area contributed by atoms with Crippen LogP contribution in [0.15, 0.2) is 12.4 Å². The fourth-order valence-corrected chi connectivity index (χ4v) is 2.43. The van der Waals surface area contributed by atoms with E-state index >= 15 is 0 Å². The van der Waals surface area contributed by atoms with Gasteiger partial charge in [-0.25, -0.2) is 4.79 Å². The molecular formula is C8H11FO2Si. The molecule has 2 radical (unpaired) electrons. The topological polar surface area (TPSA) is 26.3 Å². The number of rotatable bonds is 2. The molecule has 0 N–H and O–H groups in total. The largest absolute Gasteiger partial charge is 0.457 e. The highest BCUT2D eigenvalue weighted by Crippen LogP contribution is 2.17. The molecule has 0 aromatic heterocycles. The monoisotopic (exact) mass is 186 g/mol. The molecule has 0 atom stereocenters. The highest BCUT2D eigenvalue weighted by atomic mass is 28.2. The SMILES string of the molecule is C=C(F)C(=O)OC1CC[Si]CC1. The Hall–Kier alpha value is -0.643. The number of esters is 1. The van der Waals surface area contributed by atoms with Gasteiger partial charge in [0.15, 0.2) is 0 Å². The van der Waals surface area contributed by atoms with E-state index in [0.717, 1.165) is 34.4 Å². The standard InChI is InChI=1S/C8H11FO2Si/c1-6(9)8(10)11-7-2-4-12-5-3-7/h7H,1-5H2. The Labute approximate surface area is 73.6 Å². The van der Waals surface area contributed by atoms with Crippen LogP contribution >= 0.6 is 0 Å². The third-order valence-electron chi connectivity index (χ3n) is 1.78. The smallest absolute Gasteiger partial charge is 0.366 e. The van der Waals surface area contributed by atoms with Gasteiger partial charge in [-0.2, -0.15) is 4.39 Å². The fourth-order valence-electron chi connectivity index (χ4n) is 1.13. The minimum absolute atomic E-state index is 0.0775. The lowest BCUT2D eigenvalue weighted by Crippen LogP contribution is -2.22. The first-order chi connectivity index (χ1) is 5.70. The molecule has 1 aliphatic heterocycles. The van der Waals surface area contributed by atoms with Gasteiger partial charge in [0.1, 0.15) is 6.10 Å². The zero-order valence-corrected chi connectivity index (χ0v) is 7.81. The van der Waals surface area contributed by atoms with Gasteiger partial charge in [-0.1, -0.05) is 18.7 Å². The Morgan fingerprint density at radius 3 is 2.58 bits per heavy atom. The molecule has 0 aromatic carbocycles. The minimum Gasteiger partial charge on any atom is -0.457 e. The molecule has 1 aliphatic rings. The van der Waals surface area contributed by atoms with E-state index in [1.165, 1.54) is 0 Å². The van der Waals surface area contributed by atoms with Crippen LogP contribution < -0.4 is 0 Å². The summed E-state index contributed by atoms with van der Waals surface area (Å²) in [6.45, 7) is 2.88. The molecule has 1 fully saturated rings. The Morgan fingerprint density at radius 2 is 2.08 bits per heavy atom. The summed E-state index contributed by atoms with van der Waals surface area (Å²) in [5.41, 5.74) is 0. The van der Waals surface area contributed by atoms with E-state index in [1.54, 1.807) is 0 Å². The van der Waals surface area contributed by atoms with Gasteiger partial charge in [0.25, 0.3) is 0 Å². The number of carbonyl (C=O) groups is 1. The first-order valence-corrected chi connectivity index (χ1v) is 5.37. The average molecular weight is 186 g/mol. The molecule has 1 saturated heterocycles. The highest BCUT2D eigenvalue weighted by molar-refractivity contribution is 6.35. The van der Waals surface area contributed by atoms with E-state index in [4.69, 9.17) is 4.74 Å². The van der Waals surface area contributed by atoms with Crippen LogP contribution in [0.1, 0.15) is 12.8 Å². The Balaban J connectivity index is 2.29. The molecule has 0 spiro atoms. The van der Waals surface area contributed by atoms with Crippen molar-refractivity contribution in [2.75, 3.05) is 0 Å². The van der Waals surface area contributed by atoms with E-state index in [0.29, 0.717) is 0 Å². The van der Waals surface area contributed by atoms with Crippen molar-refractivity contribution in [3.05, 3.63) is 12.4 Å². The number of hydrogen-bond donors (Lipinski definition) is 0. The summed E-state index contributed by atoms with van der Waals surface area (Å²) in [6, 6.07) is 2.19. The van der Waals surface area contributed by atoms with Crippen molar-refractivity contribution in [2.45, 2.75) is 31.0 Å². The predicted octanol–water partition coefficient (Wildman–Crippen LogP) is 1.72. The molecule has 12 heavy (non-hydrogen) atoms. The van der Waals surface area contributed by atoms with Crippen LogP contribution in [0, 0.1) is 0 Å². The van der Waals surface area contributed by atoms with Gasteiger partial charge in [0.2, 0.25) is 5.83 Å². The third kappa shape index (κ3) is 2.77. The van der Waals surface area contributed by atoms with E-state index in [-0.39, 0.29) is 6.10 Å². The van der Waals surface area contributed by atoms with Crippen LogP contribution in [-0.4, -0.2) is 21.6 Å². The van der Waals surface area contributed by atoms with Gasteiger partial charge >= 0.3 is 5.97 Å². The lowest BCUT2D eigenvalue weighted by Gasteiger charge is -2.20. The maximum Gasteiger partial charge on any atom is 0.366 e. The second kappa shape index (κ2) is 4.40. The van der Waals surface area contributed by atoms with Crippen LogP contribution in [0.2, 0.25) is 12.1 Å². The van der Waals surface area contributed by atoms with Crippen LogP contribution in [-0.2, 0) is 9.53 Å². The van der Waals surface area contributed by atoms with Gasteiger partial charge < -0.3 is 4.74 Å². The van der Waals surface area contributed by atoms with E-state index in [9.17, 15) is 9.18 Å². The van der Waals surface area contributed by atoms with E-state index in [1.807, 2.05) is 0 Å². The number of carbonyl (C=O) groups excluding carboxylic acids is 1. The van der Waals surface area contributed by atoms with Crippen LogP contribution in [0.5, 0.6) is 0 Å². The van der Waals surface area contributed by atoms with Crippen molar-refractivity contribution in [3.63, 3.8) is 0 Å². The highest BCUT2D eigenvalue weighted by Gasteiger charge is 2.19. The van der Waals surface area contributed by atoms with Gasteiger partial charge in [0, 0.05) is 9.52 Å². The molecule has 0 aliphatic carbocycles. The fraction of sp³-hybridized carbons (Fsp3) is 0.625. The Morgan fingerprint density at radius 1 is 1.50 bits per heavy atom. The van der Waals surface area contributed by atoms with Gasteiger partial charge in [0.05, 0.1) is 0 Å². The molecule has 1 rings (SSSR count). The number of hydrogen-bond acceptors (Lipinski definition) is 2. The van der Waals surface area contributed by atoms with Crippen molar-refractivity contribution < 1.29 is 13.9 Å². The summed E-state index contributed by atoms with van der Waals surface area (Å²) in [6.07, 6.45) is 1.67. The summed E-state index contributed by atoms with van der Waals surface area (Å²) >= 11 is 0. The maximum absolute atomic E-state index is 12.2. The lowest BCUT2D eigenvalue weighted by atomic mass is 10.2. The number of ether oxygens (including phenoxy) is 1. The molecule has 0 unspecified atom stereocenters. The van der Waals surface area contributed by atoms with Crippen molar-refractivity contribution in [1.82, 2.24) is 0 Å². The van der Waals surface area contributed by atoms with Gasteiger partial charge in [-0.3, -0.25) is 0 Å². The van der Waals surface area contributed by atoms with Gasteiger partial charge in [-0.15, -0.1) is 0 Å². The second-order valence-corrected chi connectivity index (χ2v) is 4.26. The molecule has 0 saturated carbocycles. The summed E-state index contributed by atoms with van der Waals surface area (Å²) < 4.78 is 17.0. The van der Waals surface area contributed by atoms with Crippen LogP contribution in [0.3, 0.4) is 0 Å². The third-order valence-corrected chi connectivity index (χ3v) is 3.07. The first-order valence-electron chi connectivity index (χ1n) is 3.96. The summed E-state index contributed by atoms with van der Waals surface area (Å²) in [4.78, 5) is 10.7. The summed E-state index contributed by atoms with van der Waals surface area (Å²) in [5.74, 6) is -1.90. The summed E-state index contributed by atoms with van der Waals surface area (Å²) in [7, 11) is 0.971. The molecule has 0 bridgehead atoms. The van der Waals surface area contributed by atoms with Crippen molar-refractivity contribution in [2.24, 2.45) is 0 Å². The number of halogens is 1. The minimum atomic E-state index is -0.997. The Kier molecular flexibility index (Phi) is 3.46. The molecule has 0 amide bonds. The maximum atomic E-state index is 12.2. The first kappa shape index (κ1) is 9.44. The quantitative estimate of drug-likeness (QED) is 0.373. The molecule has 66 valence electrons. The van der Waals surface area contributed by atoms with Crippen LogP contribution in [0.4, 0.5) is 4.39 Å². The predicted molar refractivity (Wildman–Crippen MR) is 44.7 cm³/mol. The second-order valence-electron chi connectivity index (χ2n) is 2.76. The Bertz CT molecular complexity index is 187. The lowest BCUT2D eigenvalue weighted by molar-refractivity contribution is -0.146. The van der Waals surface area contributed by atoms with Crippen LogP contribution in [0.25, 0.3) is 0 Å². The molecule has 0 aromatic rings. The molecular weight excluding hydrogens is 175 g/mol. The zero-order valence-electron chi connectivity index (χ0n) is 6.81. The average Bonchev–Trinajstić information content (AvgIpc) is 2.06. The molecule has 4 heteroatoms. The van der Waals surface area contributed by atoms with E-state index < -0.39 is 11.8 Å². The zero-order chi connectivity index (χ0) is 8.97. The molecule has 2 nitrogen and oxygen atoms in total. The van der Waals surface area contributed by atoms with E-state index in [2.05, 4.69) is 6.58 Å². The van der Waals surface area contributed by atoms with Crippen molar-refractivity contribution in [1.29, 1.82) is 0 Å². The normalized spacial score (nSPS) is 18.8. The van der Waals surface area contributed by atoms with Crippen molar-refractivity contribution in [3.8, 4) is 0 Å². The summed E-state index contributed by atoms with van der Waals surface area (Å²) in [5, 5.41) is 0.